The van der Waals surface area contributed by atoms with Crippen LogP contribution in [0.1, 0.15) is 30.4 Å². The Morgan fingerprint density at radius 3 is 2.50 bits per heavy atom. The fraction of sp³-hybridized carbons (Fsp3) is 0.406. The van der Waals surface area contributed by atoms with Crippen LogP contribution in [0.5, 0.6) is 0 Å². The number of carbonyl (C=O) groups is 2. The predicted molar refractivity (Wildman–Crippen MR) is 161 cm³/mol. The molecule has 1 unspecified atom stereocenters. The van der Waals surface area contributed by atoms with Crippen LogP contribution in [0.25, 0.3) is 10.9 Å². The van der Waals surface area contributed by atoms with Gasteiger partial charge in [-0.05, 0) is 67.2 Å². The smallest absolute Gasteiger partial charge is 0.317 e. The summed E-state index contributed by atoms with van der Waals surface area (Å²) in [5.74, 6) is -2.33. The molecule has 4 N–H and O–H groups in total. The number of hydrogen-bond donors (Lipinski definition) is 4. The highest BCUT2D eigenvalue weighted by Gasteiger charge is 2.30. The Morgan fingerprint density at radius 2 is 1.77 bits per heavy atom. The highest BCUT2D eigenvalue weighted by Crippen LogP contribution is 2.30. The van der Waals surface area contributed by atoms with Crippen LogP contribution in [-0.2, 0) is 20.7 Å². The van der Waals surface area contributed by atoms with Crippen molar-refractivity contribution in [2.45, 2.75) is 31.7 Å². The number of carboxylic acids is 1. The van der Waals surface area contributed by atoms with E-state index in [0.717, 1.165) is 41.4 Å². The molecule has 0 spiro atoms. The first kappa shape index (κ1) is 29.8. The van der Waals surface area contributed by atoms with Crippen molar-refractivity contribution in [1.29, 1.82) is 0 Å². The third-order valence-corrected chi connectivity index (χ3v) is 8.45. The number of carboxylic acid groups (broad SMARTS) is 1. The summed E-state index contributed by atoms with van der Waals surface area (Å²) in [5, 5.41) is 23.8. The lowest BCUT2D eigenvalue weighted by molar-refractivity contribution is -0.138. The summed E-state index contributed by atoms with van der Waals surface area (Å²) in [6.07, 6.45) is 6.64. The van der Waals surface area contributed by atoms with Crippen molar-refractivity contribution in [1.82, 2.24) is 25.3 Å². The molecule has 2 saturated heterocycles. The zero-order valence-corrected chi connectivity index (χ0v) is 24.3. The first-order valence-electron chi connectivity index (χ1n) is 15.0. The number of benzene rings is 2. The number of amides is 1. The van der Waals surface area contributed by atoms with Gasteiger partial charge in [0.2, 0.25) is 5.91 Å². The fourth-order valence-corrected chi connectivity index (χ4v) is 6.15. The Kier molecular flexibility index (Phi) is 8.89. The molecule has 0 saturated carbocycles. The molecule has 1 amide bonds. The summed E-state index contributed by atoms with van der Waals surface area (Å²) < 4.78 is 33.0. The maximum absolute atomic E-state index is 13.8. The zero-order valence-electron chi connectivity index (χ0n) is 24.3. The van der Waals surface area contributed by atoms with Crippen LogP contribution in [0.3, 0.4) is 0 Å². The molecule has 6 rings (SSSR count). The van der Waals surface area contributed by atoms with E-state index in [0.29, 0.717) is 69.0 Å². The van der Waals surface area contributed by atoms with E-state index in [4.69, 9.17) is 9.84 Å². The third-order valence-electron chi connectivity index (χ3n) is 8.45. The molecule has 44 heavy (non-hydrogen) atoms. The number of aromatic nitrogens is 2. The molecular weight excluding hydrogens is 570 g/mol. The summed E-state index contributed by atoms with van der Waals surface area (Å²) in [7, 11) is 0. The Morgan fingerprint density at radius 1 is 1.02 bits per heavy atom. The number of hydrogen-bond acceptors (Lipinski definition) is 7. The van der Waals surface area contributed by atoms with Crippen molar-refractivity contribution in [3.05, 3.63) is 82.7 Å². The van der Waals surface area contributed by atoms with E-state index in [1.165, 1.54) is 12.1 Å². The monoisotopic (exact) mass is 606 g/mol. The first-order chi connectivity index (χ1) is 21.3. The number of fused-ring (bicyclic) bond motifs is 1. The van der Waals surface area contributed by atoms with E-state index in [1.807, 2.05) is 23.1 Å². The molecule has 3 heterocycles. The molecule has 3 aromatic rings. The number of aromatic amines is 1. The molecule has 1 aromatic heterocycles. The number of piperazine rings is 1. The lowest BCUT2D eigenvalue weighted by Gasteiger charge is -2.38. The van der Waals surface area contributed by atoms with Gasteiger partial charge in [0.25, 0.3) is 0 Å². The minimum absolute atomic E-state index is 0.0360. The second-order valence-corrected chi connectivity index (χ2v) is 11.6. The highest BCUT2D eigenvalue weighted by atomic mass is 19.1. The Hall–Kier alpha value is -4.29. The number of allylic oxidation sites excluding steroid dienone is 2. The van der Waals surface area contributed by atoms with Crippen LogP contribution in [0.2, 0.25) is 0 Å². The topological polar surface area (TPSA) is 123 Å². The van der Waals surface area contributed by atoms with Gasteiger partial charge in [-0.2, -0.15) is 5.10 Å². The largest absolute Gasteiger partial charge is 0.480 e. The van der Waals surface area contributed by atoms with E-state index in [2.05, 4.69) is 37.9 Å². The predicted octanol–water partition coefficient (Wildman–Crippen LogP) is 3.63. The number of carbonyl (C=O) groups excluding carboxylic acids is 1. The van der Waals surface area contributed by atoms with Gasteiger partial charge in [0.05, 0.1) is 18.0 Å². The fourth-order valence-electron chi connectivity index (χ4n) is 6.15. The minimum atomic E-state index is -0.824. The molecule has 0 bridgehead atoms. The van der Waals surface area contributed by atoms with Crippen molar-refractivity contribution in [3.8, 4) is 0 Å². The average Bonchev–Trinajstić information content (AvgIpc) is 3.39. The molecular formula is C32H36F2N6O4. The van der Waals surface area contributed by atoms with E-state index in [9.17, 15) is 18.4 Å². The molecule has 3 aliphatic rings. The van der Waals surface area contributed by atoms with Crippen molar-refractivity contribution in [2.75, 3.05) is 51.3 Å². The van der Waals surface area contributed by atoms with Gasteiger partial charge < -0.3 is 25.4 Å². The maximum atomic E-state index is 13.8. The number of aliphatic carboxylic acids is 1. The second-order valence-electron chi connectivity index (χ2n) is 11.6. The van der Waals surface area contributed by atoms with Gasteiger partial charge in [0, 0.05) is 68.3 Å². The van der Waals surface area contributed by atoms with Crippen LogP contribution in [0.4, 0.5) is 14.6 Å². The van der Waals surface area contributed by atoms with Crippen molar-refractivity contribution < 1.29 is 28.2 Å². The SMILES string of the molecule is O=C(O)CN1CCN(C2=CCC(C(=O)Nc3n[nH]c4ccc(Cc5cc(F)cc(F)c5)cc34)C(NC3CCOCC3)=C2)CC1. The quantitative estimate of drug-likeness (QED) is 0.291. The van der Waals surface area contributed by atoms with Crippen molar-refractivity contribution in [2.24, 2.45) is 5.92 Å². The number of nitrogens with zero attached hydrogens (tertiary/aromatic N) is 3. The lowest BCUT2D eigenvalue weighted by atomic mass is 9.92. The van der Waals surface area contributed by atoms with Crippen LogP contribution in [0.15, 0.2) is 59.9 Å². The van der Waals surface area contributed by atoms with E-state index in [1.54, 1.807) is 0 Å². The Balaban J connectivity index is 1.18. The van der Waals surface area contributed by atoms with E-state index in [-0.39, 0.29) is 18.5 Å². The first-order valence-corrected chi connectivity index (χ1v) is 15.0. The van der Waals surface area contributed by atoms with Gasteiger partial charge in [-0.1, -0.05) is 12.1 Å². The second kappa shape index (κ2) is 13.1. The van der Waals surface area contributed by atoms with E-state index < -0.39 is 23.5 Å². The normalized spacial score (nSPS) is 19.9. The van der Waals surface area contributed by atoms with Gasteiger partial charge in [-0.3, -0.25) is 19.6 Å². The molecule has 2 aromatic carbocycles. The van der Waals surface area contributed by atoms with Crippen LogP contribution >= 0.6 is 0 Å². The summed E-state index contributed by atoms with van der Waals surface area (Å²) in [5.41, 5.74) is 3.95. The number of anilines is 1. The molecule has 2 aliphatic heterocycles. The maximum Gasteiger partial charge on any atom is 0.317 e. The Labute approximate surface area is 253 Å². The summed E-state index contributed by atoms with van der Waals surface area (Å²) >= 11 is 0. The van der Waals surface area contributed by atoms with E-state index >= 15 is 0 Å². The number of H-pyrrole nitrogens is 1. The lowest BCUT2D eigenvalue weighted by Crippen LogP contribution is -2.48. The van der Waals surface area contributed by atoms with Gasteiger partial charge in [-0.25, -0.2) is 8.78 Å². The number of halogens is 2. The van der Waals surface area contributed by atoms with Crippen LogP contribution in [0, 0.1) is 17.6 Å². The van der Waals surface area contributed by atoms with Crippen molar-refractivity contribution in [3.63, 3.8) is 0 Å². The van der Waals surface area contributed by atoms with Gasteiger partial charge in [-0.15, -0.1) is 0 Å². The summed E-state index contributed by atoms with van der Waals surface area (Å²) in [6.45, 7) is 4.11. The van der Waals surface area contributed by atoms with Crippen LogP contribution in [-0.4, -0.2) is 89.0 Å². The van der Waals surface area contributed by atoms with Gasteiger partial charge in [0.1, 0.15) is 11.6 Å². The van der Waals surface area contributed by atoms with Crippen LogP contribution < -0.4 is 10.6 Å². The van der Waals surface area contributed by atoms with Gasteiger partial charge in [0.15, 0.2) is 5.82 Å². The highest BCUT2D eigenvalue weighted by molar-refractivity contribution is 6.01. The third kappa shape index (κ3) is 7.08. The van der Waals surface area contributed by atoms with Gasteiger partial charge >= 0.3 is 5.97 Å². The minimum Gasteiger partial charge on any atom is -0.480 e. The standard InChI is InChI=1S/C32H36F2N6O4/c33-22-14-21(15-23(34)17-22)13-20-1-4-28-27(16-20)31(38-37-28)36-32(43)26-3-2-25(18-29(26)35-24-5-11-44-12-6-24)40-9-7-39(8-10-40)19-30(41)42/h1-2,4,14-18,24,26,35H,3,5-13,19H2,(H,41,42)(H2,36,37,38,43). The average molecular weight is 607 g/mol. The van der Waals surface area contributed by atoms with Crippen molar-refractivity contribution >= 4 is 28.6 Å². The molecule has 0 radical (unpaired) electrons. The summed E-state index contributed by atoms with van der Waals surface area (Å²) in [4.78, 5) is 29.1. The summed E-state index contributed by atoms with van der Waals surface area (Å²) in [6, 6.07) is 9.24. The number of rotatable bonds is 9. The molecule has 1 aliphatic carbocycles. The number of ether oxygens (including phenoxy) is 1. The molecule has 2 fully saturated rings. The molecule has 232 valence electrons. The molecule has 1 atom stereocenters. The molecule has 10 nitrogen and oxygen atoms in total. The Bertz CT molecular complexity index is 1570. The number of nitrogens with one attached hydrogen (secondary N) is 3. The molecule has 12 heteroatoms. The zero-order chi connectivity index (χ0) is 30.6.